The second-order valence-corrected chi connectivity index (χ2v) is 10.5. The van der Waals surface area contributed by atoms with E-state index in [4.69, 9.17) is 4.74 Å². The molecule has 2 aliphatic rings. The molecule has 158 valence electrons. The van der Waals surface area contributed by atoms with Crippen molar-refractivity contribution in [3.63, 3.8) is 0 Å². The number of aryl methyl sites for hydroxylation is 1. The van der Waals surface area contributed by atoms with Crippen LogP contribution in [0.5, 0.6) is 0 Å². The van der Waals surface area contributed by atoms with Gasteiger partial charge < -0.3 is 10.1 Å². The van der Waals surface area contributed by atoms with Crippen LogP contribution < -0.4 is 5.32 Å². The molecule has 10 heteroatoms. The molecule has 0 aromatic carbocycles. The summed E-state index contributed by atoms with van der Waals surface area (Å²) in [6.07, 6.45) is 5.85. The number of rotatable bonds is 5. The van der Waals surface area contributed by atoms with Crippen molar-refractivity contribution in [2.45, 2.75) is 64.0 Å². The predicted molar refractivity (Wildman–Crippen MR) is 109 cm³/mol. The predicted octanol–water partition coefficient (Wildman–Crippen LogP) is 2.18. The highest BCUT2D eigenvalue weighted by atomic mass is 32.2. The van der Waals surface area contributed by atoms with Gasteiger partial charge in [-0.3, -0.25) is 9.59 Å². The average Bonchev–Trinajstić information content (AvgIpc) is 3.20. The molecule has 3 rings (SSSR count). The van der Waals surface area contributed by atoms with Gasteiger partial charge in [-0.1, -0.05) is 6.42 Å². The topological polar surface area (TPSA) is 117 Å². The first kappa shape index (κ1) is 21.7. The fourth-order valence-electron chi connectivity index (χ4n) is 3.84. The lowest BCUT2D eigenvalue weighted by Crippen LogP contribution is -2.43. The molecule has 0 unspecified atom stereocenters. The zero-order valence-electron chi connectivity index (χ0n) is 16.6. The molecular formula is C19H25N3O5S2. The lowest BCUT2D eigenvalue weighted by molar-refractivity contribution is -0.156. The van der Waals surface area contributed by atoms with Crippen molar-refractivity contribution < 1.29 is 22.7 Å². The molecular weight excluding hydrogens is 414 g/mol. The number of carbonyl (C=O) groups is 2. The minimum atomic E-state index is -3.52. The van der Waals surface area contributed by atoms with Gasteiger partial charge in [0.25, 0.3) is 5.91 Å². The Labute approximate surface area is 174 Å². The van der Waals surface area contributed by atoms with E-state index >= 15 is 0 Å². The van der Waals surface area contributed by atoms with E-state index in [1.165, 1.54) is 18.3 Å². The molecule has 1 aromatic heterocycles. The molecule has 1 saturated heterocycles. The summed E-state index contributed by atoms with van der Waals surface area (Å²) in [7, 11) is -3.52. The van der Waals surface area contributed by atoms with E-state index in [9.17, 15) is 23.3 Å². The van der Waals surface area contributed by atoms with Crippen molar-refractivity contribution >= 4 is 38.2 Å². The molecule has 1 aliphatic heterocycles. The van der Waals surface area contributed by atoms with E-state index in [0.717, 1.165) is 53.1 Å². The second kappa shape index (κ2) is 8.81. The molecule has 0 radical (unpaired) electrons. The highest BCUT2D eigenvalue weighted by Crippen LogP contribution is 2.37. The number of carbonyl (C=O) groups excluding carboxylic acids is 2. The lowest BCUT2D eigenvalue weighted by atomic mass is 10.1. The van der Waals surface area contributed by atoms with Gasteiger partial charge in [0, 0.05) is 11.4 Å². The highest BCUT2D eigenvalue weighted by molar-refractivity contribution is 7.88. The highest BCUT2D eigenvalue weighted by Gasteiger charge is 2.38. The van der Waals surface area contributed by atoms with Crippen LogP contribution in [0.4, 0.5) is 5.00 Å². The van der Waals surface area contributed by atoms with Gasteiger partial charge in [0.15, 0.2) is 6.10 Å². The Balaban J connectivity index is 1.67. The Hall–Kier alpha value is -1.96. The summed E-state index contributed by atoms with van der Waals surface area (Å²) in [5, 5.41) is 12.8. The number of nitrogens with one attached hydrogen (secondary N) is 1. The van der Waals surface area contributed by atoms with E-state index in [0.29, 0.717) is 23.4 Å². The number of sulfonamides is 1. The van der Waals surface area contributed by atoms with Gasteiger partial charge in [0.2, 0.25) is 10.0 Å². The summed E-state index contributed by atoms with van der Waals surface area (Å²) < 4.78 is 30.0. The Morgan fingerprint density at radius 3 is 2.69 bits per heavy atom. The summed E-state index contributed by atoms with van der Waals surface area (Å²) in [5.74, 6) is -1.26. The van der Waals surface area contributed by atoms with Gasteiger partial charge in [-0.2, -0.15) is 9.57 Å². The number of fused-ring (bicyclic) bond motifs is 1. The number of ether oxygens (including phenoxy) is 1. The Kier molecular flexibility index (Phi) is 6.61. The number of hydrogen-bond acceptors (Lipinski definition) is 7. The first-order valence-corrected chi connectivity index (χ1v) is 12.4. The van der Waals surface area contributed by atoms with Crippen LogP contribution in [0.1, 0.15) is 55.0 Å². The van der Waals surface area contributed by atoms with Crippen LogP contribution in [-0.4, -0.2) is 49.5 Å². The maximum absolute atomic E-state index is 12.6. The first-order valence-electron chi connectivity index (χ1n) is 9.75. The molecule has 2 heterocycles. The number of nitriles is 1. The normalized spacial score (nSPS) is 20.9. The van der Waals surface area contributed by atoms with E-state index in [1.807, 2.05) is 0 Å². The van der Waals surface area contributed by atoms with Crippen LogP contribution >= 0.6 is 11.3 Å². The molecule has 1 amide bonds. The van der Waals surface area contributed by atoms with Crippen LogP contribution in [0, 0.1) is 11.3 Å². The van der Waals surface area contributed by atoms with E-state index < -0.39 is 34.0 Å². The van der Waals surface area contributed by atoms with Gasteiger partial charge in [-0.05, 0) is 51.0 Å². The molecule has 0 bridgehead atoms. The molecule has 1 fully saturated rings. The first-order chi connectivity index (χ1) is 13.7. The van der Waals surface area contributed by atoms with Crippen LogP contribution in [0.25, 0.3) is 0 Å². The minimum absolute atomic E-state index is 0.269. The molecule has 8 nitrogen and oxygen atoms in total. The third kappa shape index (κ3) is 4.79. The zero-order valence-corrected chi connectivity index (χ0v) is 18.2. The molecule has 0 spiro atoms. The van der Waals surface area contributed by atoms with Gasteiger partial charge in [-0.15, -0.1) is 11.3 Å². The van der Waals surface area contributed by atoms with Gasteiger partial charge in [0.05, 0.1) is 11.8 Å². The third-order valence-electron chi connectivity index (χ3n) is 5.33. The second-order valence-electron chi connectivity index (χ2n) is 7.48. The van der Waals surface area contributed by atoms with Gasteiger partial charge >= 0.3 is 5.97 Å². The standard InChI is InChI=1S/C19H25N3O5S2/c1-12(27-19(24)15-8-6-10-22(15)29(2,25)26)17(23)21-18-14(11-20)13-7-4-3-5-9-16(13)28-18/h12,15H,3-10H2,1-2H3,(H,21,23)/t12-,15-/m0/s1. The summed E-state index contributed by atoms with van der Waals surface area (Å²) in [6, 6.07) is 1.30. The summed E-state index contributed by atoms with van der Waals surface area (Å²) >= 11 is 1.41. The quantitative estimate of drug-likeness (QED) is 0.555. The van der Waals surface area contributed by atoms with Crippen molar-refractivity contribution in [3.05, 3.63) is 16.0 Å². The van der Waals surface area contributed by atoms with E-state index in [-0.39, 0.29) is 6.54 Å². The zero-order chi connectivity index (χ0) is 21.2. The van der Waals surface area contributed by atoms with Crippen molar-refractivity contribution in [1.82, 2.24) is 4.31 Å². The molecule has 1 N–H and O–H groups in total. The van der Waals surface area contributed by atoms with Crippen molar-refractivity contribution in [1.29, 1.82) is 5.26 Å². The Morgan fingerprint density at radius 2 is 2.00 bits per heavy atom. The molecule has 1 aliphatic carbocycles. The number of esters is 1. The van der Waals surface area contributed by atoms with Crippen LogP contribution in [0.15, 0.2) is 0 Å². The van der Waals surface area contributed by atoms with E-state index in [1.54, 1.807) is 0 Å². The fourth-order valence-corrected chi connectivity index (χ4v) is 6.20. The lowest BCUT2D eigenvalue weighted by Gasteiger charge is -2.22. The fraction of sp³-hybridized carbons (Fsp3) is 0.632. The molecule has 0 saturated carbocycles. The smallest absolute Gasteiger partial charge is 0.325 e. The molecule has 2 atom stereocenters. The maximum atomic E-state index is 12.6. The number of amides is 1. The Morgan fingerprint density at radius 1 is 1.28 bits per heavy atom. The minimum Gasteiger partial charge on any atom is -0.451 e. The molecule has 1 aromatic rings. The van der Waals surface area contributed by atoms with Gasteiger partial charge in [-0.25, -0.2) is 8.42 Å². The third-order valence-corrected chi connectivity index (χ3v) is 7.83. The monoisotopic (exact) mass is 439 g/mol. The maximum Gasteiger partial charge on any atom is 0.325 e. The molecule has 29 heavy (non-hydrogen) atoms. The van der Waals surface area contributed by atoms with Crippen molar-refractivity contribution in [3.8, 4) is 6.07 Å². The van der Waals surface area contributed by atoms with Crippen LogP contribution in [0.3, 0.4) is 0 Å². The Bertz CT molecular complexity index is 948. The van der Waals surface area contributed by atoms with Crippen LogP contribution in [-0.2, 0) is 37.2 Å². The summed E-state index contributed by atoms with van der Waals surface area (Å²) in [4.78, 5) is 26.1. The van der Waals surface area contributed by atoms with E-state index in [2.05, 4.69) is 11.4 Å². The largest absolute Gasteiger partial charge is 0.451 e. The summed E-state index contributed by atoms with van der Waals surface area (Å²) in [6.45, 7) is 1.71. The summed E-state index contributed by atoms with van der Waals surface area (Å²) in [5.41, 5.74) is 1.52. The van der Waals surface area contributed by atoms with Crippen molar-refractivity contribution in [2.75, 3.05) is 18.1 Å². The number of hydrogen-bond donors (Lipinski definition) is 1. The van der Waals surface area contributed by atoms with Gasteiger partial charge in [0.1, 0.15) is 17.1 Å². The average molecular weight is 440 g/mol. The number of nitrogens with zero attached hydrogens (tertiary/aromatic N) is 2. The SMILES string of the molecule is C[C@H](OC(=O)[C@@H]1CCCN1S(C)(=O)=O)C(=O)Nc1sc2c(c1C#N)CCCCC2. The number of thiophene rings is 1. The van der Waals surface area contributed by atoms with Crippen molar-refractivity contribution in [2.24, 2.45) is 0 Å². The number of anilines is 1. The van der Waals surface area contributed by atoms with Crippen LogP contribution in [0.2, 0.25) is 0 Å².